The molecule has 222 valence electrons. The summed E-state index contributed by atoms with van der Waals surface area (Å²) in [6, 6.07) is 19.2. The number of ether oxygens (including phenoxy) is 3. The molecule has 0 saturated carbocycles. The molecular weight excluding hydrogens is 607 g/mol. The van der Waals surface area contributed by atoms with Gasteiger partial charge in [-0.3, -0.25) is 9.36 Å². The Balaban J connectivity index is 1.68. The topological polar surface area (TPSA) is 79.1 Å². The number of aromatic nitrogens is 1. The molecule has 0 amide bonds. The lowest BCUT2D eigenvalue weighted by Crippen LogP contribution is -2.40. The van der Waals surface area contributed by atoms with Gasteiger partial charge in [0, 0.05) is 26.7 Å². The molecule has 43 heavy (non-hydrogen) atoms. The Kier molecular flexibility index (Phi) is 9.70. The number of halogens is 2. The summed E-state index contributed by atoms with van der Waals surface area (Å²) in [5.41, 5.74) is 2.73. The molecule has 0 unspecified atom stereocenters. The van der Waals surface area contributed by atoms with E-state index in [1.54, 1.807) is 48.9 Å². The largest absolute Gasteiger partial charge is 0.496 e. The van der Waals surface area contributed by atoms with E-state index in [0.29, 0.717) is 59.7 Å². The Hall–Kier alpha value is -3.85. The maximum Gasteiger partial charge on any atom is 0.338 e. The van der Waals surface area contributed by atoms with E-state index in [-0.39, 0.29) is 18.8 Å². The molecule has 0 aliphatic carbocycles. The lowest BCUT2D eigenvalue weighted by Gasteiger charge is -2.26. The van der Waals surface area contributed by atoms with Gasteiger partial charge in [-0.2, -0.15) is 0 Å². The van der Waals surface area contributed by atoms with Gasteiger partial charge in [-0.1, -0.05) is 84.3 Å². The van der Waals surface area contributed by atoms with E-state index >= 15 is 0 Å². The number of allylic oxidation sites excluding steroid dienone is 1. The summed E-state index contributed by atoms with van der Waals surface area (Å²) in [7, 11) is 1.56. The first kappa shape index (κ1) is 30.6. The van der Waals surface area contributed by atoms with Crippen LogP contribution in [-0.2, 0) is 16.1 Å². The molecule has 1 aliphatic heterocycles. The quantitative estimate of drug-likeness (QED) is 0.186. The number of hydrogen-bond donors (Lipinski definition) is 0. The second kappa shape index (κ2) is 13.6. The first-order chi connectivity index (χ1) is 20.9. The normalized spacial score (nSPS) is 14.7. The van der Waals surface area contributed by atoms with Gasteiger partial charge >= 0.3 is 5.97 Å². The van der Waals surface area contributed by atoms with Gasteiger partial charge in [0.05, 0.1) is 29.5 Å². The van der Waals surface area contributed by atoms with Gasteiger partial charge in [0.15, 0.2) is 4.80 Å². The minimum Gasteiger partial charge on any atom is -0.496 e. The maximum absolute atomic E-state index is 14.2. The lowest BCUT2D eigenvalue weighted by molar-refractivity contribution is -0.139. The van der Waals surface area contributed by atoms with Crippen molar-refractivity contribution in [3.05, 3.63) is 124 Å². The van der Waals surface area contributed by atoms with Crippen LogP contribution in [0, 0.1) is 0 Å². The zero-order chi connectivity index (χ0) is 30.5. The molecule has 1 aliphatic rings. The van der Waals surface area contributed by atoms with Crippen LogP contribution in [-0.4, -0.2) is 24.3 Å². The van der Waals surface area contributed by atoms with Crippen LogP contribution in [0.5, 0.6) is 11.5 Å². The second-order valence-electron chi connectivity index (χ2n) is 9.72. The summed E-state index contributed by atoms with van der Waals surface area (Å²) in [5, 5.41) is 1.09. The molecule has 0 N–H and O–H groups in total. The van der Waals surface area contributed by atoms with Crippen LogP contribution in [0.15, 0.2) is 87.8 Å². The number of esters is 1. The Labute approximate surface area is 263 Å². The predicted octanol–water partition coefficient (Wildman–Crippen LogP) is 6.47. The van der Waals surface area contributed by atoms with Gasteiger partial charge in [0.2, 0.25) is 0 Å². The van der Waals surface area contributed by atoms with E-state index in [9.17, 15) is 9.59 Å². The van der Waals surface area contributed by atoms with Gasteiger partial charge in [-0.05, 0) is 49.8 Å². The summed E-state index contributed by atoms with van der Waals surface area (Å²) in [6.45, 7) is 4.20. The van der Waals surface area contributed by atoms with Crippen molar-refractivity contribution in [1.29, 1.82) is 0 Å². The molecule has 2 heterocycles. The van der Waals surface area contributed by atoms with Gasteiger partial charge in [0.1, 0.15) is 24.1 Å². The molecule has 3 aromatic carbocycles. The van der Waals surface area contributed by atoms with Crippen molar-refractivity contribution in [3.8, 4) is 11.5 Å². The van der Waals surface area contributed by atoms with Crippen molar-refractivity contribution in [1.82, 2.24) is 4.57 Å². The third-order valence-electron chi connectivity index (χ3n) is 6.93. The highest BCUT2D eigenvalue weighted by Crippen LogP contribution is 2.37. The molecule has 0 bridgehead atoms. The van der Waals surface area contributed by atoms with Gasteiger partial charge in [-0.25, -0.2) is 9.79 Å². The highest BCUT2D eigenvalue weighted by atomic mass is 35.5. The fourth-order valence-electron chi connectivity index (χ4n) is 4.98. The SMILES string of the molecule is CCCC1=C(C(=O)OCC)[C@H](c2ccccc2OC)n2c(s/c(=C\c3cc(Cl)ccc3OCc3ccccc3Cl)c2=O)=N1. The molecule has 0 saturated heterocycles. The Bertz CT molecular complexity index is 1880. The molecule has 0 spiro atoms. The number of benzene rings is 3. The van der Waals surface area contributed by atoms with E-state index in [4.69, 9.17) is 42.4 Å². The fraction of sp³-hybridized carbons (Fsp3) is 0.242. The predicted molar refractivity (Wildman–Crippen MR) is 170 cm³/mol. The summed E-state index contributed by atoms with van der Waals surface area (Å²) in [4.78, 5) is 32.9. The van der Waals surface area contributed by atoms with Crippen LogP contribution < -0.4 is 24.4 Å². The molecule has 4 aromatic rings. The van der Waals surface area contributed by atoms with Crippen LogP contribution in [0.3, 0.4) is 0 Å². The molecule has 0 radical (unpaired) electrons. The van der Waals surface area contributed by atoms with Crippen LogP contribution in [0.2, 0.25) is 10.0 Å². The smallest absolute Gasteiger partial charge is 0.338 e. The number of thiazole rings is 1. The number of hydrogen-bond acceptors (Lipinski definition) is 7. The van der Waals surface area contributed by atoms with Crippen LogP contribution >= 0.6 is 34.5 Å². The summed E-state index contributed by atoms with van der Waals surface area (Å²) >= 11 is 13.9. The number of methoxy groups -OCH3 is 1. The minimum atomic E-state index is -0.787. The number of rotatable bonds is 10. The van der Waals surface area contributed by atoms with E-state index < -0.39 is 12.0 Å². The minimum absolute atomic E-state index is 0.191. The highest BCUT2D eigenvalue weighted by molar-refractivity contribution is 7.07. The zero-order valence-electron chi connectivity index (χ0n) is 23.9. The molecule has 1 atom stereocenters. The Morgan fingerprint density at radius 1 is 1.05 bits per heavy atom. The first-order valence-electron chi connectivity index (χ1n) is 13.9. The summed E-state index contributed by atoms with van der Waals surface area (Å²) in [6.07, 6.45) is 3.04. The number of nitrogens with zero attached hydrogens (tertiary/aromatic N) is 2. The van der Waals surface area contributed by atoms with Crippen molar-refractivity contribution in [2.75, 3.05) is 13.7 Å². The Morgan fingerprint density at radius 2 is 1.81 bits per heavy atom. The van der Waals surface area contributed by atoms with Crippen molar-refractivity contribution in [3.63, 3.8) is 0 Å². The summed E-state index contributed by atoms with van der Waals surface area (Å²) < 4.78 is 19.2. The third kappa shape index (κ3) is 6.42. The van der Waals surface area contributed by atoms with Gasteiger partial charge < -0.3 is 14.2 Å². The number of fused-ring (bicyclic) bond motifs is 1. The van der Waals surface area contributed by atoms with Crippen molar-refractivity contribution in [2.45, 2.75) is 39.3 Å². The van der Waals surface area contributed by atoms with Gasteiger partial charge in [-0.15, -0.1) is 0 Å². The second-order valence-corrected chi connectivity index (χ2v) is 11.6. The van der Waals surface area contributed by atoms with E-state index in [1.165, 1.54) is 11.3 Å². The molecule has 1 aromatic heterocycles. The first-order valence-corrected chi connectivity index (χ1v) is 15.4. The van der Waals surface area contributed by atoms with Gasteiger partial charge in [0.25, 0.3) is 5.56 Å². The summed E-state index contributed by atoms with van der Waals surface area (Å²) in [5.74, 6) is 0.576. The highest BCUT2D eigenvalue weighted by Gasteiger charge is 2.35. The van der Waals surface area contributed by atoms with E-state index in [1.807, 2.05) is 49.4 Å². The molecule has 0 fully saturated rings. The monoisotopic (exact) mass is 636 g/mol. The van der Waals surface area contributed by atoms with Crippen LogP contribution in [0.1, 0.15) is 49.4 Å². The van der Waals surface area contributed by atoms with Crippen LogP contribution in [0.25, 0.3) is 6.08 Å². The van der Waals surface area contributed by atoms with E-state index in [2.05, 4.69) is 0 Å². The van der Waals surface area contributed by atoms with Crippen molar-refractivity contribution >= 4 is 46.6 Å². The average Bonchev–Trinajstić information content (AvgIpc) is 3.31. The zero-order valence-corrected chi connectivity index (χ0v) is 26.3. The number of carbonyl (C=O) groups excluding carboxylic acids is 1. The van der Waals surface area contributed by atoms with Crippen LogP contribution in [0.4, 0.5) is 0 Å². The molecular formula is C33H30Cl2N2O5S. The van der Waals surface area contributed by atoms with Crippen molar-refractivity contribution in [2.24, 2.45) is 4.99 Å². The average molecular weight is 638 g/mol. The third-order valence-corrected chi connectivity index (χ3v) is 8.51. The number of carbonyl (C=O) groups is 1. The van der Waals surface area contributed by atoms with Crippen molar-refractivity contribution < 1.29 is 19.0 Å². The molecule has 7 nitrogen and oxygen atoms in total. The fourth-order valence-corrected chi connectivity index (χ4v) is 6.36. The lowest BCUT2D eigenvalue weighted by atomic mass is 9.93. The maximum atomic E-state index is 14.2. The number of para-hydroxylation sites is 1. The standard InChI is InChI=1S/C33H30Cl2N2O5S/c1-4-10-25-29(32(39)41-5-2)30(23-12-7-9-14-27(23)40-3)37-31(38)28(43-33(37)36-25)18-21-17-22(34)15-16-26(21)42-19-20-11-6-8-13-24(20)35/h6-9,11-18,30H,4-5,10,19H2,1-3H3/b28-18-/t30-/m0/s1. The molecule has 10 heteroatoms. The molecule has 5 rings (SSSR count). The van der Waals surface area contributed by atoms with E-state index in [0.717, 1.165) is 12.0 Å². The Morgan fingerprint density at radius 3 is 2.56 bits per heavy atom.